The van der Waals surface area contributed by atoms with Gasteiger partial charge in [0.1, 0.15) is 0 Å². The molecule has 0 atom stereocenters. The Balaban J connectivity index is 1.90. The lowest BCUT2D eigenvalue weighted by molar-refractivity contribution is 0.102. The maximum Gasteiger partial charge on any atom is 0.257 e. The summed E-state index contributed by atoms with van der Waals surface area (Å²) in [6.45, 7) is 0. The molecule has 0 fully saturated rings. The predicted octanol–water partition coefficient (Wildman–Crippen LogP) is 2.68. The lowest BCUT2D eigenvalue weighted by atomic mass is 10.2. The highest BCUT2D eigenvalue weighted by Gasteiger charge is 2.11. The highest BCUT2D eigenvalue weighted by molar-refractivity contribution is 9.10. The van der Waals surface area contributed by atoms with Gasteiger partial charge >= 0.3 is 0 Å². The van der Waals surface area contributed by atoms with E-state index in [9.17, 15) is 4.79 Å². The van der Waals surface area contributed by atoms with Gasteiger partial charge in [0.15, 0.2) is 5.82 Å². The number of nitrogens with zero attached hydrogens (tertiary/aromatic N) is 4. The van der Waals surface area contributed by atoms with Gasteiger partial charge in [0, 0.05) is 35.5 Å². The van der Waals surface area contributed by atoms with Crippen molar-refractivity contribution in [1.82, 2.24) is 19.7 Å². The molecule has 0 spiro atoms. The minimum absolute atomic E-state index is 0.259. The van der Waals surface area contributed by atoms with E-state index in [1.54, 1.807) is 53.7 Å². The van der Waals surface area contributed by atoms with Crippen molar-refractivity contribution in [2.24, 2.45) is 0 Å². The lowest BCUT2D eigenvalue weighted by Crippen LogP contribution is -2.15. The summed E-state index contributed by atoms with van der Waals surface area (Å²) < 4.78 is 2.34. The third kappa shape index (κ3) is 2.97. The number of hydrogen-bond donors (Lipinski definition) is 1. The normalized spacial score (nSPS) is 10.3. The Morgan fingerprint density at radius 1 is 1.24 bits per heavy atom. The van der Waals surface area contributed by atoms with Crippen LogP contribution in [0.1, 0.15) is 10.4 Å². The van der Waals surface area contributed by atoms with Crippen molar-refractivity contribution >= 4 is 27.5 Å². The van der Waals surface area contributed by atoms with E-state index in [1.165, 1.54) is 6.20 Å². The SMILES string of the molecule is O=C(Nc1cccnc1-n1cccn1)c1cncc(Br)c1. The predicted molar refractivity (Wildman–Crippen MR) is 81.2 cm³/mol. The molecule has 1 N–H and O–H groups in total. The zero-order valence-electron chi connectivity index (χ0n) is 10.8. The monoisotopic (exact) mass is 343 g/mol. The number of hydrogen-bond acceptors (Lipinski definition) is 4. The summed E-state index contributed by atoms with van der Waals surface area (Å²) >= 11 is 3.29. The van der Waals surface area contributed by atoms with Crippen LogP contribution in [0.25, 0.3) is 5.82 Å². The number of nitrogens with one attached hydrogen (secondary N) is 1. The summed E-state index contributed by atoms with van der Waals surface area (Å²) in [4.78, 5) is 20.5. The third-order valence-corrected chi connectivity index (χ3v) is 3.16. The number of aromatic nitrogens is 4. The number of carbonyl (C=O) groups is 1. The Bertz CT molecular complexity index is 773. The van der Waals surface area contributed by atoms with Crippen LogP contribution in [0.4, 0.5) is 5.69 Å². The number of pyridine rings is 2. The Hall–Kier alpha value is -2.54. The van der Waals surface area contributed by atoms with Gasteiger partial charge in [-0.05, 0) is 40.2 Å². The Morgan fingerprint density at radius 3 is 2.90 bits per heavy atom. The number of rotatable bonds is 3. The van der Waals surface area contributed by atoms with Gasteiger partial charge in [0.05, 0.1) is 11.3 Å². The number of carbonyl (C=O) groups excluding carboxylic acids is 1. The molecule has 3 rings (SSSR count). The molecule has 0 saturated heterocycles. The van der Waals surface area contributed by atoms with Crippen molar-refractivity contribution in [3.05, 3.63) is 65.3 Å². The third-order valence-electron chi connectivity index (χ3n) is 2.72. The lowest BCUT2D eigenvalue weighted by Gasteiger charge is -2.09. The maximum atomic E-state index is 12.3. The molecule has 0 aliphatic heterocycles. The summed E-state index contributed by atoms with van der Waals surface area (Å²) in [5.41, 5.74) is 1.03. The second-order valence-corrected chi connectivity index (χ2v) is 5.09. The number of amides is 1. The highest BCUT2D eigenvalue weighted by Crippen LogP contribution is 2.18. The zero-order valence-corrected chi connectivity index (χ0v) is 12.4. The average molecular weight is 344 g/mol. The molecule has 7 heteroatoms. The molecular formula is C14H10BrN5O. The fourth-order valence-electron chi connectivity index (χ4n) is 1.80. The molecule has 3 aromatic rings. The van der Waals surface area contributed by atoms with E-state index in [2.05, 4.69) is 36.3 Å². The molecule has 0 aliphatic carbocycles. The van der Waals surface area contributed by atoms with Crippen LogP contribution in [0.5, 0.6) is 0 Å². The first-order valence-electron chi connectivity index (χ1n) is 6.11. The van der Waals surface area contributed by atoms with Crippen LogP contribution >= 0.6 is 15.9 Å². The fraction of sp³-hybridized carbons (Fsp3) is 0. The Kier molecular flexibility index (Phi) is 3.74. The largest absolute Gasteiger partial charge is 0.319 e. The van der Waals surface area contributed by atoms with E-state index >= 15 is 0 Å². The summed E-state index contributed by atoms with van der Waals surface area (Å²) in [6, 6.07) is 7.01. The second-order valence-electron chi connectivity index (χ2n) is 4.17. The van der Waals surface area contributed by atoms with E-state index in [4.69, 9.17) is 0 Å². The van der Waals surface area contributed by atoms with Crippen LogP contribution in [-0.4, -0.2) is 25.7 Å². The van der Waals surface area contributed by atoms with E-state index in [0.717, 1.165) is 4.47 Å². The molecule has 0 radical (unpaired) electrons. The smallest absolute Gasteiger partial charge is 0.257 e. The van der Waals surface area contributed by atoms with Gasteiger partial charge in [-0.3, -0.25) is 9.78 Å². The van der Waals surface area contributed by atoms with Crippen molar-refractivity contribution < 1.29 is 4.79 Å². The summed E-state index contributed by atoms with van der Waals surface area (Å²) in [6.07, 6.45) is 8.19. The highest BCUT2D eigenvalue weighted by atomic mass is 79.9. The molecule has 104 valence electrons. The fourth-order valence-corrected chi connectivity index (χ4v) is 2.17. The van der Waals surface area contributed by atoms with Gasteiger partial charge in [0.2, 0.25) is 0 Å². The molecular weight excluding hydrogens is 334 g/mol. The first kappa shape index (κ1) is 13.4. The topological polar surface area (TPSA) is 72.7 Å². The first-order chi connectivity index (χ1) is 10.2. The van der Waals surface area contributed by atoms with Crippen LogP contribution in [0, 0.1) is 0 Å². The van der Waals surface area contributed by atoms with Gasteiger partial charge in [0.25, 0.3) is 5.91 Å². The number of halogens is 1. The Morgan fingerprint density at radius 2 is 2.14 bits per heavy atom. The second kappa shape index (κ2) is 5.84. The van der Waals surface area contributed by atoms with Crippen molar-refractivity contribution in [2.75, 3.05) is 5.32 Å². The molecule has 0 aliphatic rings. The van der Waals surface area contributed by atoms with Gasteiger partial charge < -0.3 is 5.32 Å². The number of anilines is 1. The summed E-state index contributed by atoms with van der Waals surface area (Å²) in [5, 5.41) is 6.94. The van der Waals surface area contributed by atoms with Crippen LogP contribution in [-0.2, 0) is 0 Å². The minimum atomic E-state index is -0.259. The molecule has 0 unspecified atom stereocenters. The van der Waals surface area contributed by atoms with Crippen molar-refractivity contribution in [2.45, 2.75) is 0 Å². The van der Waals surface area contributed by atoms with Crippen molar-refractivity contribution in [1.29, 1.82) is 0 Å². The van der Waals surface area contributed by atoms with Crippen LogP contribution < -0.4 is 5.32 Å². The average Bonchev–Trinajstić information content (AvgIpc) is 3.02. The van der Waals surface area contributed by atoms with Gasteiger partial charge in [-0.25, -0.2) is 9.67 Å². The van der Waals surface area contributed by atoms with Crippen LogP contribution in [0.15, 0.2) is 59.7 Å². The van der Waals surface area contributed by atoms with E-state index < -0.39 is 0 Å². The standard InChI is InChI=1S/C14H10BrN5O/c15-11-7-10(8-16-9-11)14(21)19-12-3-1-4-17-13(12)20-6-2-5-18-20/h1-9H,(H,19,21). The quantitative estimate of drug-likeness (QED) is 0.793. The molecule has 21 heavy (non-hydrogen) atoms. The molecule has 0 saturated carbocycles. The van der Waals surface area contributed by atoms with Gasteiger partial charge in [-0.15, -0.1) is 0 Å². The minimum Gasteiger partial charge on any atom is -0.319 e. The van der Waals surface area contributed by atoms with Crippen molar-refractivity contribution in [3.63, 3.8) is 0 Å². The first-order valence-corrected chi connectivity index (χ1v) is 6.90. The molecule has 0 aromatic carbocycles. The van der Waals surface area contributed by atoms with Gasteiger partial charge in [-0.2, -0.15) is 5.10 Å². The van der Waals surface area contributed by atoms with Crippen molar-refractivity contribution in [3.8, 4) is 5.82 Å². The molecule has 6 nitrogen and oxygen atoms in total. The van der Waals surface area contributed by atoms with E-state index in [1.807, 2.05) is 0 Å². The molecule has 3 heterocycles. The van der Waals surface area contributed by atoms with Crippen LogP contribution in [0.3, 0.4) is 0 Å². The van der Waals surface area contributed by atoms with E-state index in [-0.39, 0.29) is 5.91 Å². The Labute approximate surface area is 129 Å². The summed E-state index contributed by atoms with van der Waals surface area (Å²) in [7, 11) is 0. The molecule has 3 aromatic heterocycles. The van der Waals surface area contributed by atoms with Crippen LogP contribution in [0.2, 0.25) is 0 Å². The maximum absolute atomic E-state index is 12.3. The zero-order chi connectivity index (χ0) is 14.7. The molecule has 1 amide bonds. The van der Waals surface area contributed by atoms with E-state index in [0.29, 0.717) is 17.1 Å². The molecule has 0 bridgehead atoms. The van der Waals surface area contributed by atoms with Gasteiger partial charge in [-0.1, -0.05) is 0 Å². The summed E-state index contributed by atoms with van der Waals surface area (Å²) in [5.74, 6) is 0.295.